The van der Waals surface area contributed by atoms with Gasteiger partial charge in [0, 0.05) is 11.1 Å². The van der Waals surface area contributed by atoms with E-state index in [2.05, 4.69) is 5.32 Å². The fraction of sp³-hybridized carbons (Fsp3) is 0.929. The molecule has 0 bridgehead atoms. The number of carbonyl (C=O) groups is 1. The van der Waals surface area contributed by atoms with Gasteiger partial charge in [0.25, 0.3) is 0 Å². The van der Waals surface area contributed by atoms with Gasteiger partial charge in [0.05, 0.1) is 6.61 Å². The summed E-state index contributed by atoms with van der Waals surface area (Å²) in [5, 5.41) is 15.7. The molecule has 1 aliphatic heterocycles. The number of carbonyl (C=O) groups excluding carboxylic acids is 1. The van der Waals surface area contributed by atoms with Gasteiger partial charge < -0.3 is 10.1 Å². The fourth-order valence-corrected chi connectivity index (χ4v) is 3.52. The average Bonchev–Trinajstić information content (AvgIpc) is 2.12. The van der Waals surface area contributed by atoms with Crippen molar-refractivity contribution in [3.8, 4) is 0 Å². The Morgan fingerprint density at radius 1 is 1.22 bits per heavy atom. The van der Waals surface area contributed by atoms with Crippen LogP contribution >= 0.6 is 0 Å². The van der Waals surface area contributed by atoms with Crippen molar-refractivity contribution in [1.82, 2.24) is 5.32 Å². The van der Waals surface area contributed by atoms with E-state index in [0.29, 0.717) is 19.4 Å². The molecular formula is C14H26NO3. The number of ether oxygens (including phenoxy) is 1. The first-order chi connectivity index (χ1) is 8.05. The van der Waals surface area contributed by atoms with Crippen LogP contribution in [-0.2, 0) is 14.6 Å². The Labute approximate surface area is 110 Å². The highest BCUT2D eigenvalue weighted by Crippen LogP contribution is 2.45. The third-order valence-electron chi connectivity index (χ3n) is 3.65. The zero-order valence-corrected chi connectivity index (χ0v) is 12.4. The van der Waals surface area contributed by atoms with Gasteiger partial charge in [0.2, 0.25) is 0 Å². The molecule has 1 aliphatic rings. The van der Waals surface area contributed by atoms with Crippen LogP contribution in [0.15, 0.2) is 0 Å². The lowest BCUT2D eigenvalue weighted by molar-refractivity contribution is -0.175. The predicted molar refractivity (Wildman–Crippen MR) is 69.7 cm³/mol. The maximum absolute atomic E-state index is 12.3. The Morgan fingerprint density at radius 2 is 1.67 bits per heavy atom. The zero-order chi connectivity index (χ0) is 14.2. The second kappa shape index (κ2) is 4.82. The van der Waals surface area contributed by atoms with Crippen molar-refractivity contribution in [3.63, 3.8) is 0 Å². The van der Waals surface area contributed by atoms with Crippen LogP contribution in [0.5, 0.6) is 0 Å². The quantitative estimate of drug-likeness (QED) is 0.788. The Kier molecular flexibility index (Phi) is 4.13. The monoisotopic (exact) mass is 256 g/mol. The highest BCUT2D eigenvalue weighted by Gasteiger charge is 2.55. The van der Waals surface area contributed by atoms with Gasteiger partial charge in [-0.2, -0.15) is 0 Å². The number of hydrogen-bond acceptors (Lipinski definition) is 3. The van der Waals surface area contributed by atoms with Crippen LogP contribution < -0.4 is 5.32 Å². The van der Waals surface area contributed by atoms with Crippen LogP contribution in [0.1, 0.15) is 54.4 Å². The van der Waals surface area contributed by atoms with E-state index in [4.69, 9.17) is 4.74 Å². The largest absolute Gasteiger partial charge is 0.465 e. The van der Waals surface area contributed by atoms with E-state index in [1.165, 1.54) is 0 Å². The molecule has 4 heteroatoms. The lowest BCUT2D eigenvalue weighted by atomic mass is 9.63. The van der Waals surface area contributed by atoms with E-state index in [9.17, 15) is 9.90 Å². The normalized spacial score (nSPS) is 26.4. The van der Waals surface area contributed by atoms with Crippen LogP contribution in [0.25, 0.3) is 0 Å². The van der Waals surface area contributed by atoms with Gasteiger partial charge in [-0.15, -0.1) is 0 Å². The molecule has 0 aliphatic carbocycles. The first-order valence-electron chi connectivity index (χ1n) is 6.67. The van der Waals surface area contributed by atoms with E-state index in [0.717, 1.165) is 0 Å². The maximum Gasteiger partial charge on any atom is 0.314 e. The summed E-state index contributed by atoms with van der Waals surface area (Å²) in [5.41, 5.74) is -1.41. The van der Waals surface area contributed by atoms with Crippen molar-refractivity contribution in [1.29, 1.82) is 0 Å². The Hall–Kier alpha value is -0.610. The number of esters is 1. The minimum Gasteiger partial charge on any atom is -0.465 e. The molecule has 0 aromatic carbocycles. The second-order valence-corrected chi connectivity index (χ2v) is 6.77. The fourth-order valence-electron chi connectivity index (χ4n) is 3.52. The highest BCUT2D eigenvalue weighted by molar-refractivity contribution is 5.78. The molecular weight excluding hydrogens is 230 g/mol. The van der Waals surface area contributed by atoms with Crippen LogP contribution in [-0.4, -0.2) is 29.8 Å². The average molecular weight is 256 g/mol. The summed E-state index contributed by atoms with van der Waals surface area (Å²) >= 11 is 0. The highest BCUT2D eigenvalue weighted by atomic mass is 16.5. The summed E-state index contributed by atoms with van der Waals surface area (Å²) in [4.78, 5) is 12.3. The summed E-state index contributed by atoms with van der Waals surface area (Å²) in [6.07, 6.45) is 0.0806. The van der Waals surface area contributed by atoms with Gasteiger partial charge in [-0.05, 0) is 54.4 Å². The van der Waals surface area contributed by atoms with E-state index >= 15 is 0 Å². The smallest absolute Gasteiger partial charge is 0.314 e. The number of piperidine rings is 1. The molecule has 1 fully saturated rings. The molecule has 0 aromatic heterocycles. The number of rotatable bonds is 3. The molecule has 18 heavy (non-hydrogen) atoms. The predicted octanol–water partition coefficient (Wildman–Crippen LogP) is 2.30. The molecule has 0 saturated carbocycles. The first kappa shape index (κ1) is 15.4. The zero-order valence-electron chi connectivity index (χ0n) is 12.4. The molecule has 0 amide bonds. The van der Waals surface area contributed by atoms with Gasteiger partial charge in [-0.3, -0.25) is 4.79 Å². The summed E-state index contributed by atoms with van der Waals surface area (Å²) in [5.74, 6) is -0.338. The van der Waals surface area contributed by atoms with Crippen molar-refractivity contribution < 1.29 is 14.6 Å². The molecule has 1 radical (unpaired) electrons. The molecule has 1 saturated heterocycles. The van der Waals surface area contributed by atoms with E-state index in [1.807, 2.05) is 27.7 Å². The lowest BCUT2D eigenvalue weighted by Gasteiger charge is -2.52. The molecule has 1 atom stereocenters. The Balaban J connectivity index is 3.14. The number of hydrogen-bond donors (Lipinski definition) is 1. The SMILES string of the molecule is CCOC(=O)C1(C(C)[O])CC(C)(C)NC(C)(C)C1. The standard InChI is InChI=1S/C14H26NO3/c1-7-18-11(17)14(10(2)16)8-12(3,4)15-13(5,6)9-14/h10,15H,7-9H2,1-6H3. The first-order valence-corrected chi connectivity index (χ1v) is 6.67. The molecule has 0 spiro atoms. The van der Waals surface area contributed by atoms with Gasteiger partial charge in [0.15, 0.2) is 0 Å². The van der Waals surface area contributed by atoms with Crippen LogP contribution in [0, 0.1) is 5.41 Å². The van der Waals surface area contributed by atoms with Gasteiger partial charge in [-0.1, -0.05) is 0 Å². The van der Waals surface area contributed by atoms with Crippen molar-refractivity contribution in [2.45, 2.75) is 71.6 Å². The van der Waals surface area contributed by atoms with Crippen LogP contribution in [0.2, 0.25) is 0 Å². The molecule has 1 N–H and O–H groups in total. The maximum atomic E-state index is 12.3. The van der Waals surface area contributed by atoms with Crippen LogP contribution in [0.4, 0.5) is 0 Å². The molecule has 0 aromatic rings. The number of nitrogens with one attached hydrogen (secondary N) is 1. The van der Waals surface area contributed by atoms with Crippen molar-refractivity contribution in [2.75, 3.05) is 6.61 Å². The summed E-state index contributed by atoms with van der Waals surface area (Å²) in [6.45, 7) is 11.8. The van der Waals surface area contributed by atoms with E-state index in [-0.39, 0.29) is 17.0 Å². The molecule has 4 nitrogen and oxygen atoms in total. The third-order valence-corrected chi connectivity index (χ3v) is 3.65. The van der Waals surface area contributed by atoms with Crippen molar-refractivity contribution >= 4 is 5.97 Å². The van der Waals surface area contributed by atoms with E-state index in [1.54, 1.807) is 13.8 Å². The summed E-state index contributed by atoms with van der Waals surface area (Å²) in [6, 6.07) is 0. The Bertz CT molecular complexity index is 305. The van der Waals surface area contributed by atoms with Gasteiger partial charge in [-0.25, -0.2) is 5.11 Å². The van der Waals surface area contributed by atoms with Crippen LogP contribution in [0.3, 0.4) is 0 Å². The molecule has 105 valence electrons. The van der Waals surface area contributed by atoms with Gasteiger partial charge in [0.1, 0.15) is 11.5 Å². The minimum absolute atomic E-state index is 0.243. The van der Waals surface area contributed by atoms with Crippen molar-refractivity contribution in [3.05, 3.63) is 0 Å². The van der Waals surface area contributed by atoms with Crippen molar-refractivity contribution in [2.24, 2.45) is 5.41 Å². The molecule has 1 heterocycles. The summed E-state index contributed by atoms with van der Waals surface area (Å²) < 4.78 is 5.17. The molecule has 1 rings (SSSR count). The van der Waals surface area contributed by atoms with E-state index < -0.39 is 11.5 Å². The lowest BCUT2D eigenvalue weighted by Crippen LogP contribution is -2.65. The van der Waals surface area contributed by atoms with Gasteiger partial charge >= 0.3 is 5.97 Å². The summed E-state index contributed by atoms with van der Waals surface area (Å²) in [7, 11) is 0. The Morgan fingerprint density at radius 3 is 2.00 bits per heavy atom. The third kappa shape index (κ3) is 3.04. The second-order valence-electron chi connectivity index (χ2n) is 6.77. The molecule has 1 unspecified atom stereocenters. The topological polar surface area (TPSA) is 58.2 Å². The minimum atomic E-state index is -0.961.